The number of methoxy groups -OCH3 is 1. The highest BCUT2D eigenvalue weighted by atomic mass is 19.1. The number of fused-ring (bicyclic) bond motifs is 1. The van der Waals surface area contributed by atoms with Gasteiger partial charge in [-0.1, -0.05) is 38.9 Å². The predicted octanol–water partition coefficient (Wildman–Crippen LogP) is 6.56. The molecule has 150 valence electrons. The molecule has 2 aromatic rings. The number of halogens is 2. The second kappa shape index (κ2) is 6.94. The fourth-order valence-corrected chi connectivity index (χ4v) is 4.25. The minimum Gasteiger partial charge on any atom is -0.496 e. The van der Waals surface area contributed by atoms with Crippen molar-refractivity contribution < 1.29 is 13.5 Å². The highest BCUT2D eigenvalue weighted by Crippen LogP contribution is 2.49. The van der Waals surface area contributed by atoms with Gasteiger partial charge in [0, 0.05) is 11.6 Å². The fraction of sp³-hybridized carbons (Fsp3) is 0.478. The number of benzene rings is 2. The molecule has 0 atom stereocenters. The van der Waals surface area contributed by atoms with Crippen LogP contribution in [0.4, 0.5) is 8.78 Å². The van der Waals surface area contributed by atoms with Crippen molar-refractivity contribution >= 4 is 0 Å². The van der Waals surface area contributed by atoms with E-state index in [1.165, 1.54) is 18.2 Å². The largest absolute Gasteiger partial charge is 0.496 e. The number of rotatable bonds is 4. The Morgan fingerprint density at radius 3 is 2.14 bits per heavy atom. The topological polar surface area (TPSA) is 38.7 Å². The van der Waals surface area contributed by atoms with Crippen LogP contribution in [0.5, 0.6) is 5.75 Å². The van der Waals surface area contributed by atoms with Crippen LogP contribution in [0, 0.1) is 23.5 Å². The fourth-order valence-electron chi connectivity index (χ4n) is 4.25. The molecule has 0 N–H and O–H groups in total. The quantitative estimate of drug-likeness (QED) is 0.557. The van der Waals surface area contributed by atoms with Gasteiger partial charge in [0.15, 0.2) is 0 Å². The van der Waals surface area contributed by atoms with Crippen molar-refractivity contribution in [3.8, 4) is 16.9 Å². The third-order valence-corrected chi connectivity index (χ3v) is 6.19. The Balaban J connectivity index is 2.34. The maximum atomic E-state index is 15.3. The van der Waals surface area contributed by atoms with Crippen molar-refractivity contribution in [3.05, 3.63) is 57.0 Å². The SMILES string of the molecule is COc1cc(F)c(CN=O)c(F)c1-c1cc2c(cc1C)C(C)(C)CCC2(C)C. The molecular formula is C23H27F2NO2. The molecule has 5 heteroatoms. The molecule has 3 rings (SSSR count). The van der Waals surface area contributed by atoms with E-state index in [1.54, 1.807) is 0 Å². The minimum atomic E-state index is -0.824. The molecule has 1 aliphatic carbocycles. The second-order valence-corrected chi connectivity index (χ2v) is 9.00. The minimum absolute atomic E-state index is 0.0339. The summed E-state index contributed by atoms with van der Waals surface area (Å²) < 4.78 is 34.8. The van der Waals surface area contributed by atoms with Crippen molar-refractivity contribution in [3.63, 3.8) is 0 Å². The number of hydrogen-bond acceptors (Lipinski definition) is 3. The summed E-state index contributed by atoms with van der Waals surface area (Å²) in [6.45, 7) is 10.2. The van der Waals surface area contributed by atoms with E-state index in [1.807, 2.05) is 13.0 Å². The lowest BCUT2D eigenvalue weighted by atomic mass is 9.62. The van der Waals surface area contributed by atoms with Gasteiger partial charge in [0.05, 0.1) is 12.7 Å². The summed E-state index contributed by atoms with van der Waals surface area (Å²) in [5, 5.41) is 2.68. The van der Waals surface area contributed by atoms with Gasteiger partial charge in [0.2, 0.25) is 0 Å². The Morgan fingerprint density at radius 1 is 1.04 bits per heavy atom. The van der Waals surface area contributed by atoms with E-state index < -0.39 is 18.2 Å². The van der Waals surface area contributed by atoms with Crippen LogP contribution >= 0.6 is 0 Å². The summed E-state index contributed by atoms with van der Waals surface area (Å²) in [4.78, 5) is 10.7. The first kappa shape index (κ1) is 20.4. The summed E-state index contributed by atoms with van der Waals surface area (Å²) in [6, 6.07) is 5.26. The molecule has 0 bridgehead atoms. The Morgan fingerprint density at radius 2 is 1.61 bits per heavy atom. The molecule has 1 aliphatic rings. The summed E-state index contributed by atoms with van der Waals surface area (Å²) in [5.41, 5.74) is 3.82. The summed E-state index contributed by atoms with van der Waals surface area (Å²) in [6.07, 6.45) is 2.11. The Hall–Kier alpha value is -2.30. The second-order valence-electron chi connectivity index (χ2n) is 9.00. The molecule has 0 fully saturated rings. The van der Waals surface area contributed by atoms with Crippen LogP contribution in [0.25, 0.3) is 11.1 Å². The summed E-state index contributed by atoms with van der Waals surface area (Å²) >= 11 is 0. The molecule has 0 aliphatic heterocycles. The van der Waals surface area contributed by atoms with Gasteiger partial charge in [-0.3, -0.25) is 0 Å². The van der Waals surface area contributed by atoms with Crippen LogP contribution < -0.4 is 4.74 Å². The first-order chi connectivity index (χ1) is 13.0. The standard InChI is InChI=1S/C23H27F2NO2/c1-13-9-16-17(23(4,5)8-7-22(16,2)3)10-14(13)20-19(28-6)11-18(24)15(12-26-27)21(20)25/h9-11H,7-8,12H2,1-6H3. The Labute approximate surface area is 165 Å². The number of nitrogens with zero attached hydrogens (tertiary/aromatic N) is 1. The molecule has 0 saturated heterocycles. The maximum absolute atomic E-state index is 15.3. The highest BCUT2D eigenvalue weighted by Gasteiger charge is 2.38. The van der Waals surface area contributed by atoms with Gasteiger partial charge >= 0.3 is 0 Å². The lowest BCUT2D eigenvalue weighted by Crippen LogP contribution is -2.34. The molecule has 2 aromatic carbocycles. The molecule has 28 heavy (non-hydrogen) atoms. The summed E-state index contributed by atoms with van der Waals surface area (Å²) in [7, 11) is 1.39. The number of hydrogen-bond donors (Lipinski definition) is 0. The predicted molar refractivity (Wildman–Crippen MR) is 108 cm³/mol. The van der Waals surface area contributed by atoms with E-state index in [0.29, 0.717) is 5.56 Å². The molecular weight excluding hydrogens is 360 g/mol. The number of ether oxygens (including phenoxy) is 1. The van der Waals surface area contributed by atoms with Gasteiger partial charge in [-0.25, -0.2) is 8.78 Å². The highest BCUT2D eigenvalue weighted by molar-refractivity contribution is 5.76. The first-order valence-corrected chi connectivity index (χ1v) is 9.53. The van der Waals surface area contributed by atoms with Gasteiger partial charge < -0.3 is 4.74 Å². The average Bonchev–Trinajstić information content (AvgIpc) is 2.62. The van der Waals surface area contributed by atoms with Crippen molar-refractivity contribution in [2.75, 3.05) is 7.11 Å². The van der Waals surface area contributed by atoms with Crippen LogP contribution in [0.15, 0.2) is 23.4 Å². The van der Waals surface area contributed by atoms with Crippen LogP contribution in [0.3, 0.4) is 0 Å². The van der Waals surface area contributed by atoms with Gasteiger partial charge in [0.1, 0.15) is 23.9 Å². The van der Waals surface area contributed by atoms with Gasteiger partial charge in [-0.2, -0.15) is 4.91 Å². The molecule has 0 saturated carbocycles. The van der Waals surface area contributed by atoms with Gasteiger partial charge in [0.25, 0.3) is 0 Å². The van der Waals surface area contributed by atoms with E-state index in [9.17, 15) is 9.30 Å². The van der Waals surface area contributed by atoms with E-state index in [4.69, 9.17) is 4.74 Å². The lowest BCUT2D eigenvalue weighted by molar-refractivity contribution is 0.332. The Bertz CT molecular complexity index is 948. The molecule has 0 heterocycles. The first-order valence-electron chi connectivity index (χ1n) is 9.53. The third-order valence-electron chi connectivity index (χ3n) is 6.19. The molecule has 0 unspecified atom stereocenters. The number of aryl methyl sites for hydroxylation is 1. The van der Waals surface area contributed by atoms with Crippen LogP contribution in [-0.4, -0.2) is 7.11 Å². The Kier molecular flexibility index (Phi) is 5.07. The number of nitroso groups, excluding NO2 is 1. The summed E-state index contributed by atoms with van der Waals surface area (Å²) in [5.74, 6) is -1.50. The smallest absolute Gasteiger partial charge is 0.142 e. The monoisotopic (exact) mass is 387 g/mol. The normalized spacial score (nSPS) is 17.1. The van der Waals surface area contributed by atoms with E-state index in [0.717, 1.165) is 24.5 Å². The van der Waals surface area contributed by atoms with Crippen LogP contribution in [-0.2, 0) is 17.4 Å². The van der Waals surface area contributed by atoms with Crippen molar-refractivity contribution in [1.29, 1.82) is 0 Å². The van der Waals surface area contributed by atoms with Crippen molar-refractivity contribution in [2.45, 2.75) is 64.8 Å². The van der Waals surface area contributed by atoms with Gasteiger partial charge in [-0.05, 0) is 58.9 Å². The molecule has 3 nitrogen and oxygen atoms in total. The molecule has 0 spiro atoms. The molecule has 0 radical (unpaired) electrons. The zero-order valence-corrected chi connectivity index (χ0v) is 17.4. The van der Waals surface area contributed by atoms with Crippen LogP contribution in [0.1, 0.15) is 62.8 Å². The van der Waals surface area contributed by atoms with E-state index >= 15 is 4.39 Å². The third kappa shape index (κ3) is 3.21. The zero-order valence-electron chi connectivity index (χ0n) is 17.4. The van der Waals surface area contributed by atoms with Crippen LogP contribution in [0.2, 0.25) is 0 Å². The van der Waals surface area contributed by atoms with Crippen molar-refractivity contribution in [2.24, 2.45) is 5.18 Å². The van der Waals surface area contributed by atoms with E-state index in [2.05, 4.69) is 38.9 Å². The van der Waals surface area contributed by atoms with E-state index in [-0.39, 0.29) is 27.7 Å². The van der Waals surface area contributed by atoms with Gasteiger partial charge in [-0.15, -0.1) is 0 Å². The molecule has 0 aromatic heterocycles. The van der Waals surface area contributed by atoms with Crippen molar-refractivity contribution in [1.82, 2.24) is 0 Å². The lowest BCUT2D eigenvalue weighted by Gasteiger charge is -2.42. The average molecular weight is 387 g/mol. The molecule has 0 amide bonds. The maximum Gasteiger partial charge on any atom is 0.142 e. The zero-order chi connectivity index (χ0) is 20.9.